The van der Waals surface area contributed by atoms with Crippen molar-refractivity contribution >= 4 is 34.5 Å². The van der Waals surface area contributed by atoms with Gasteiger partial charge < -0.3 is 10.4 Å². The fourth-order valence-electron chi connectivity index (χ4n) is 0.997. The second-order valence-corrected chi connectivity index (χ2v) is 3.77. The van der Waals surface area contributed by atoms with Crippen LogP contribution < -0.4 is 5.32 Å². The molecule has 5 heteroatoms. The fourth-order valence-corrected chi connectivity index (χ4v) is 1.59. The van der Waals surface area contributed by atoms with Crippen LogP contribution in [0.15, 0.2) is 30.3 Å². The van der Waals surface area contributed by atoms with E-state index in [1.54, 1.807) is 30.3 Å². The Bertz CT molecular complexity index is 353. The lowest BCUT2D eigenvalue weighted by molar-refractivity contribution is -0.138. The molecule has 0 aliphatic carbocycles. The first-order valence-electron chi connectivity index (χ1n) is 4.30. The largest absolute Gasteiger partial charge is 0.480 e. The molecule has 1 aromatic carbocycles. The molecule has 1 amide bonds. The Morgan fingerprint density at radius 2 is 1.93 bits per heavy atom. The number of carbonyl (C=O) groups is 2. The van der Waals surface area contributed by atoms with Gasteiger partial charge in [-0.05, 0) is 12.1 Å². The van der Waals surface area contributed by atoms with Crippen LogP contribution in [0, 0.1) is 0 Å². The van der Waals surface area contributed by atoms with E-state index in [0.717, 1.165) is 0 Å². The highest BCUT2D eigenvalue weighted by molar-refractivity contribution is 14.1. The number of hydrogen-bond donors (Lipinski definition) is 2. The van der Waals surface area contributed by atoms with Crippen LogP contribution in [0.3, 0.4) is 0 Å². The van der Waals surface area contributed by atoms with Crippen molar-refractivity contribution in [1.82, 2.24) is 5.32 Å². The van der Waals surface area contributed by atoms with Crippen molar-refractivity contribution < 1.29 is 14.7 Å². The maximum absolute atomic E-state index is 11.5. The topological polar surface area (TPSA) is 66.4 Å². The molecule has 0 aliphatic heterocycles. The van der Waals surface area contributed by atoms with Gasteiger partial charge >= 0.3 is 5.97 Å². The maximum Gasteiger partial charge on any atom is 0.327 e. The monoisotopic (exact) mass is 319 g/mol. The maximum atomic E-state index is 11.5. The van der Waals surface area contributed by atoms with Gasteiger partial charge in [0.05, 0.1) is 0 Å². The van der Waals surface area contributed by atoms with Crippen molar-refractivity contribution in [2.24, 2.45) is 0 Å². The summed E-state index contributed by atoms with van der Waals surface area (Å²) in [7, 11) is 0. The summed E-state index contributed by atoms with van der Waals surface area (Å²) >= 11 is 1.92. The second kappa shape index (κ2) is 5.69. The minimum atomic E-state index is -1.02. The molecule has 0 heterocycles. The summed E-state index contributed by atoms with van der Waals surface area (Å²) < 4.78 is 0.339. The average molecular weight is 319 g/mol. The zero-order valence-corrected chi connectivity index (χ0v) is 9.97. The summed E-state index contributed by atoms with van der Waals surface area (Å²) in [6, 6.07) is 7.70. The number of carboxylic acid groups (broad SMARTS) is 1. The van der Waals surface area contributed by atoms with Crippen LogP contribution in [0.2, 0.25) is 0 Å². The van der Waals surface area contributed by atoms with Crippen molar-refractivity contribution in [2.75, 3.05) is 4.43 Å². The number of carbonyl (C=O) groups excluding carboxylic acids is 1. The summed E-state index contributed by atoms with van der Waals surface area (Å²) in [6.45, 7) is 0. The minimum Gasteiger partial charge on any atom is -0.480 e. The van der Waals surface area contributed by atoms with Gasteiger partial charge in [-0.15, -0.1) is 0 Å². The number of amides is 1. The predicted octanol–water partition coefficient (Wildman–Crippen LogP) is 1.30. The Hall–Kier alpha value is -1.11. The molecule has 1 aromatic rings. The van der Waals surface area contributed by atoms with E-state index in [0.29, 0.717) is 9.99 Å². The van der Waals surface area contributed by atoms with Gasteiger partial charge in [-0.2, -0.15) is 0 Å². The van der Waals surface area contributed by atoms with Crippen LogP contribution in [-0.2, 0) is 4.79 Å². The van der Waals surface area contributed by atoms with Gasteiger partial charge in [-0.25, -0.2) is 4.79 Å². The molecule has 15 heavy (non-hydrogen) atoms. The van der Waals surface area contributed by atoms with E-state index >= 15 is 0 Å². The van der Waals surface area contributed by atoms with E-state index in [2.05, 4.69) is 5.32 Å². The van der Waals surface area contributed by atoms with E-state index in [9.17, 15) is 9.59 Å². The van der Waals surface area contributed by atoms with Gasteiger partial charge in [-0.3, -0.25) is 4.79 Å². The number of halogens is 1. The third-order valence-corrected chi connectivity index (χ3v) is 2.67. The van der Waals surface area contributed by atoms with E-state index in [-0.39, 0.29) is 5.91 Å². The Morgan fingerprint density at radius 3 is 2.40 bits per heavy atom. The number of aliphatic carboxylic acids is 1. The summed E-state index contributed by atoms with van der Waals surface area (Å²) in [6.07, 6.45) is 0. The van der Waals surface area contributed by atoms with Crippen molar-refractivity contribution in [3.63, 3.8) is 0 Å². The van der Waals surface area contributed by atoms with Crippen molar-refractivity contribution in [3.8, 4) is 0 Å². The summed E-state index contributed by atoms with van der Waals surface area (Å²) in [5.41, 5.74) is 0.466. The SMILES string of the molecule is O=C(N[C@H](CI)C(=O)O)c1ccccc1. The Kier molecular flexibility index (Phi) is 4.54. The summed E-state index contributed by atoms with van der Waals surface area (Å²) in [4.78, 5) is 22.2. The molecule has 2 N–H and O–H groups in total. The molecule has 1 atom stereocenters. The third kappa shape index (κ3) is 3.50. The van der Waals surface area contributed by atoms with E-state index in [4.69, 9.17) is 5.11 Å². The van der Waals surface area contributed by atoms with Gasteiger partial charge in [0.1, 0.15) is 6.04 Å². The van der Waals surface area contributed by atoms with Gasteiger partial charge in [0.15, 0.2) is 0 Å². The smallest absolute Gasteiger partial charge is 0.327 e. The molecule has 1 rings (SSSR count). The highest BCUT2D eigenvalue weighted by Gasteiger charge is 2.18. The number of carboxylic acids is 1. The molecule has 4 nitrogen and oxygen atoms in total. The number of nitrogens with one attached hydrogen (secondary N) is 1. The van der Waals surface area contributed by atoms with Gasteiger partial charge in [0.2, 0.25) is 0 Å². The highest BCUT2D eigenvalue weighted by atomic mass is 127. The van der Waals surface area contributed by atoms with Crippen LogP contribution in [0.5, 0.6) is 0 Å². The van der Waals surface area contributed by atoms with E-state index < -0.39 is 12.0 Å². The second-order valence-electron chi connectivity index (χ2n) is 2.88. The molecule has 0 saturated heterocycles. The van der Waals surface area contributed by atoms with Crippen molar-refractivity contribution in [1.29, 1.82) is 0 Å². The van der Waals surface area contributed by atoms with Crippen LogP contribution in [0.4, 0.5) is 0 Å². The number of benzene rings is 1. The van der Waals surface area contributed by atoms with Gasteiger partial charge in [0, 0.05) is 9.99 Å². The van der Waals surface area contributed by atoms with Crippen LogP contribution >= 0.6 is 22.6 Å². The zero-order chi connectivity index (χ0) is 11.3. The molecular formula is C10H10INO3. The molecule has 0 spiro atoms. The lowest BCUT2D eigenvalue weighted by atomic mass is 10.2. The lowest BCUT2D eigenvalue weighted by Crippen LogP contribution is -2.41. The van der Waals surface area contributed by atoms with E-state index in [1.165, 1.54) is 0 Å². The van der Waals surface area contributed by atoms with Crippen LogP contribution in [0.1, 0.15) is 10.4 Å². The van der Waals surface area contributed by atoms with Crippen molar-refractivity contribution in [2.45, 2.75) is 6.04 Å². The van der Waals surface area contributed by atoms with Crippen LogP contribution in [0.25, 0.3) is 0 Å². The number of alkyl halides is 1. The molecule has 0 saturated carbocycles. The van der Waals surface area contributed by atoms with E-state index in [1.807, 2.05) is 22.6 Å². The van der Waals surface area contributed by atoms with Gasteiger partial charge in [0.25, 0.3) is 5.91 Å². The standard InChI is InChI=1S/C10H10INO3/c11-6-8(10(14)15)12-9(13)7-4-2-1-3-5-7/h1-5,8H,6H2,(H,12,13)(H,14,15)/t8-/m1/s1. The van der Waals surface area contributed by atoms with Crippen molar-refractivity contribution in [3.05, 3.63) is 35.9 Å². The molecule has 0 aliphatic rings. The molecule has 0 radical (unpaired) electrons. The Labute approximate surface area is 101 Å². The Morgan fingerprint density at radius 1 is 1.33 bits per heavy atom. The fraction of sp³-hybridized carbons (Fsp3) is 0.200. The first-order chi connectivity index (χ1) is 7.15. The number of rotatable bonds is 4. The van der Waals surface area contributed by atoms with Crippen LogP contribution in [-0.4, -0.2) is 27.5 Å². The first-order valence-corrected chi connectivity index (χ1v) is 5.82. The molecule has 0 fully saturated rings. The highest BCUT2D eigenvalue weighted by Crippen LogP contribution is 2.00. The van der Waals surface area contributed by atoms with Gasteiger partial charge in [-0.1, -0.05) is 40.8 Å². The lowest BCUT2D eigenvalue weighted by Gasteiger charge is -2.11. The Balaban J connectivity index is 2.67. The normalized spacial score (nSPS) is 11.8. The quantitative estimate of drug-likeness (QED) is 0.649. The predicted molar refractivity (Wildman–Crippen MR) is 64.2 cm³/mol. The minimum absolute atomic E-state index is 0.339. The first kappa shape index (κ1) is 12.0. The molecule has 0 bridgehead atoms. The molecule has 0 aromatic heterocycles. The average Bonchev–Trinajstić information content (AvgIpc) is 2.26. The molecule has 80 valence electrons. The summed E-state index contributed by atoms with van der Waals surface area (Å²) in [5, 5.41) is 11.2. The third-order valence-electron chi connectivity index (χ3n) is 1.79. The molecular weight excluding hydrogens is 309 g/mol. The summed E-state index contributed by atoms with van der Waals surface area (Å²) in [5.74, 6) is -1.38. The molecule has 0 unspecified atom stereocenters. The number of hydrogen-bond acceptors (Lipinski definition) is 2. The zero-order valence-electron chi connectivity index (χ0n) is 7.81.